The topological polar surface area (TPSA) is 44.8 Å². The highest BCUT2D eigenvalue weighted by Crippen LogP contribution is 2.27. The van der Waals surface area contributed by atoms with Gasteiger partial charge >= 0.3 is 5.97 Å². The molecule has 0 aromatic carbocycles. The summed E-state index contributed by atoms with van der Waals surface area (Å²) in [6.45, 7) is 4.21. The average molecular weight is 369 g/mol. The van der Waals surface area contributed by atoms with E-state index in [0.29, 0.717) is 32.0 Å². The van der Waals surface area contributed by atoms with Crippen LogP contribution in [0, 0.1) is 5.92 Å². The standard InChI is InChI=1S/C22H40O4/c1-2-3-4-5-9-16-26-22(23)19-12-14-21(15-13-19)25-18-17-24-20-10-7-6-8-11-20/h19-21H,2-18H2,1H3. The highest BCUT2D eigenvalue weighted by Gasteiger charge is 2.27. The molecule has 0 atom stereocenters. The van der Waals surface area contributed by atoms with E-state index in [1.165, 1.54) is 57.8 Å². The fraction of sp³-hybridized carbons (Fsp3) is 0.955. The molecule has 0 aromatic heterocycles. The lowest BCUT2D eigenvalue weighted by molar-refractivity contribution is -0.151. The Balaban J connectivity index is 1.45. The van der Waals surface area contributed by atoms with E-state index >= 15 is 0 Å². The summed E-state index contributed by atoms with van der Waals surface area (Å²) >= 11 is 0. The van der Waals surface area contributed by atoms with Gasteiger partial charge in [0.05, 0.1) is 37.9 Å². The summed E-state index contributed by atoms with van der Waals surface area (Å²) in [6.07, 6.45) is 16.9. The Bertz CT molecular complexity index is 357. The van der Waals surface area contributed by atoms with Crippen LogP contribution in [0.15, 0.2) is 0 Å². The van der Waals surface area contributed by atoms with Crippen molar-refractivity contribution in [1.29, 1.82) is 0 Å². The Morgan fingerprint density at radius 2 is 1.35 bits per heavy atom. The maximum atomic E-state index is 12.1. The first-order chi connectivity index (χ1) is 12.8. The largest absolute Gasteiger partial charge is 0.465 e. The van der Waals surface area contributed by atoms with Gasteiger partial charge in [0.25, 0.3) is 0 Å². The Morgan fingerprint density at radius 1 is 0.731 bits per heavy atom. The van der Waals surface area contributed by atoms with Crippen LogP contribution in [0.4, 0.5) is 0 Å². The third kappa shape index (κ3) is 8.85. The molecule has 4 heteroatoms. The molecule has 0 saturated heterocycles. The second-order valence-electron chi connectivity index (χ2n) is 8.06. The predicted molar refractivity (Wildman–Crippen MR) is 104 cm³/mol. The zero-order chi connectivity index (χ0) is 18.5. The first-order valence-electron chi connectivity index (χ1n) is 11.2. The first kappa shape index (κ1) is 21.7. The van der Waals surface area contributed by atoms with Crippen molar-refractivity contribution in [2.24, 2.45) is 5.92 Å². The molecule has 0 N–H and O–H groups in total. The predicted octanol–water partition coefficient (Wildman–Crippen LogP) is 5.42. The van der Waals surface area contributed by atoms with Crippen molar-refractivity contribution in [1.82, 2.24) is 0 Å². The lowest BCUT2D eigenvalue weighted by atomic mass is 9.87. The fourth-order valence-corrected chi connectivity index (χ4v) is 4.12. The van der Waals surface area contributed by atoms with Crippen LogP contribution in [0.5, 0.6) is 0 Å². The van der Waals surface area contributed by atoms with E-state index in [9.17, 15) is 4.79 Å². The molecule has 0 unspecified atom stereocenters. The van der Waals surface area contributed by atoms with E-state index in [-0.39, 0.29) is 11.9 Å². The van der Waals surface area contributed by atoms with Crippen molar-refractivity contribution in [2.45, 2.75) is 109 Å². The number of unbranched alkanes of at least 4 members (excludes halogenated alkanes) is 4. The highest BCUT2D eigenvalue weighted by atomic mass is 16.5. The van der Waals surface area contributed by atoms with Crippen LogP contribution in [0.25, 0.3) is 0 Å². The molecule has 0 heterocycles. The van der Waals surface area contributed by atoms with E-state index in [4.69, 9.17) is 14.2 Å². The van der Waals surface area contributed by atoms with Crippen molar-refractivity contribution in [3.8, 4) is 0 Å². The normalized spacial score (nSPS) is 24.5. The first-order valence-corrected chi connectivity index (χ1v) is 11.2. The van der Waals surface area contributed by atoms with E-state index in [0.717, 1.165) is 32.1 Å². The number of esters is 1. The minimum absolute atomic E-state index is 0.0135. The van der Waals surface area contributed by atoms with Gasteiger partial charge in [-0.1, -0.05) is 51.9 Å². The summed E-state index contributed by atoms with van der Waals surface area (Å²) in [5, 5.41) is 0. The fourth-order valence-electron chi connectivity index (χ4n) is 4.12. The summed E-state index contributed by atoms with van der Waals surface area (Å²) in [4.78, 5) is 12.1. The van der Waals surface area contributed by atoms with E-state index in [1.54, 1.807) is 0 Å². The molecule has 26 heavy (non-hydrogen) atoms. The zero-order valence-electron chi connectivity index (χ0n) is 16.9. The van der Waals surface area contributed by atoms with E-state index in [2.05, 4.69) is 6.92 Å². The van der Waals surface area contributed by atoms with E-state index in [1.807, 2.05) is 0 Å². The SMILES string of the molecule is CCCCCCCOC(=O)C1CCC(OCCOC2CCCCC2)CC1. The monoisotopic (exact) mass is 368 g/mol. The molecule has 0 amide bonds. The van der Waals surface area contributed by atoms with Crippen LogP contribution in [-0.2, 0) is 19.0 Å². The molecule has 0 radical (unpaired) electrons. The molecule has 0 bridgehead atoms. The van der Waals surface area contributed by atoms with Crippen LogP contribution < -0.4 is 0 Å². The third-order valence-corrected chi connectivity index (χ3v) is 5.84. The van der Waals surface area contributed by atoms with Crippen molar-refractivity contribution in [2.75, 3.05) is 19.8 Å². The lowest BCUT2D eigenvalue weighted by Crippen LogP contribution is -2.29. The van der Waals surface area contributed by atoms with Gasteiger partial charge in [0.2, 0.25) is 0 Å². The van der Waals surface area contributed by atoms with Gasteiger partial charge in [0.15, 0.2) is 0 Å². The third-order valence-electron chi connectivity index (χ3n) is 5.84. The molecular weight excluding hydrogens is 328 g/mol. The van der Waals surface area contributed by atoms with Gasteiger partial charge in [0, 0.05) is 0 Å². The summed E-state index contributed by atoms with van der Waals surface area (Å²) < 4.78 is 17.3. The Morgan fingerprint density at radius 3 is 2.00 bits per heavy atom. The molecule has 2 saturated carbocycles. The quantitative estimate of drug-likeness (QED) is 0.340. The van der Waals surface area contributed by atoms with Crippen molar-refractivity contribution in [3.63, 3.8) is 0 Å². The molecule has 0 spiro atoms. The number of rotatable bonds is 12. The maximum absolute atomic E-state index is 12.1. The average Bonchev–Trinajstić information content (AvgIpc) is 2.69. The minimum atomic E-state index is 0.0135. The summed E-state index contributed by atoms with van der Waals surface area (Å²) in [5.41, 5.74) is 0. The number of carbonyl (C=O) groups excluding carboxylic acids is 1. The number of carbonyl (C=O) groups is 1. The van der Waals surface area contributed by atoms with Gasteiger partial charge in [-0.25, -0.2) is 0 Å². The van der Waals surface area contributed by atoms with Crippen molar-refractivity contribution in [3.05, 3.63) is 0 Å². The second-order valence-corrected chi connectivity index (χ2v) is 8.06. The van der Waals surface area contributed by atoms with Gasteiger partial charge in [-0.05, 0) is 44.9 Å². The Kier molecular flexibility index (Phi) is 11.3. The van der Waals surface area contributed by atoms with Crippen LogP contribution in [0.1, 0.15) is 96.8 Å². The van der Waals surface area contributed by atoms with Crippen LogP contribution in [-0.4, -0.2) is 38.0 Å². The van der Waals surface area contributed by atoms with Gasteiger partial charge in [0.1, 0.15) is 0 Å². The van der Waals surface area contributed by atoms with Gasteiger partial charge in [-0.2, -0.15) is 0 Å². The molecular formula is C22H40O4. The molecule has 152 valence electrons. The Labute approximate surface area is 160 Å². The molecule has 2 fully saturated rings. The van der Waals surface area contributed by atoms with Crippen LogP contribution >= 0.6 is 0 Å². The van der Waals surface area contributed by atoms with Gasteiger partial charge in [-0.15, -0.1) is 0 Å². The molecule has 0 aromatic rings. The molecule has 2 aliphatic carbocycles. The van der Waals surface area contributed by atoms with Crippen molar-refractivity contribution < 1.29 is 19.0 Å². The van der Waals surface area contributed by atoms with Crippen molar-refractivity contribution >= 4 is 5.97 Å². The smallest absolute Gasteiger partial charge is 0.308 e. The highest BCUT2D eigenvalue weighted by molar-refractivity contribution is 5.72. The summed E-state index contributed by atoms with van der Waals surface area (Å²) in [5.74, 6) is 0.101. The molecule has 2 rings (SSSR count). The second kappa shape index (κ2) is 13.5. The molecule has 4 nitrogen and oxygen atoms in total. The van der Waals surface area contributed by atoms with E-state index < -0.39 is 0 Å². The minimum Gasteiger partial charge on any atom is -0.465 e. The van der Waals surface area contributed by atoms with Gasteiger partial charge in [-0.3, -0.25) is 4.79 Å². The Hall–Kier alpha value is -0.610. The number of hydrogen-bond acceptors (Lipinski definition) is 4. The molecule has 0 aliphatic heterocycles. The van der Waals surface area contributed by atoms with Gasteiger partial charge < -0.3 is 14.2 Å². The van der Waals surface area contributed by atoms with Crippen LogP contribution in [0.2, 0.25) is 0 Å². The maximum Gasteiger partial charge on any atom is 0.308 e. The van der Waals surface area contributed by atoms with Crippen LogP contribution in [0.3, 0.4) is 0 Å². The lowest BCUT2D eigenvalue weighted by Gasteiger charge is -2.28. The number of ether oxygens (including phenoxy) is 3. The molecule has 2 aliphatic rings. The summed E-state index contributed by atoms with van der Waals surface area (Å²) in [6, 6.07) is 0. The zero-order valence-corrected chi connectivity index (χ0v) is 16.9. The number of hydrogen-bond donors (Lipinski definition) is 0. The summed E-state index contributed by atoms with van der Waals surface area (Å²) in [7, 11) is 0.